The Bertz CT molecular complexity index is 534. The van der Waals surface area contributed by atoms with E-state index in [9.17, 15) is 21.9 Å². The highest BCUT2D eigenvalue weighted by atomic mass is 32.3. The molecule has 1 unspecified atom stereocenters. The summed E-state index contributed by atoms with van der Waals surface area (Å²) in [5, 5.41) is 9.82. The maximum absolute atomic E-state index is 11.6. The summed E-state index contributed by atoms with van der Waals surface area (Å²) in [6.07, 6.45) is 0.600. The molecule has 0 aliphatic heterocycles. The monoisotopic (exact) mass is 353 g/mol. The maximum Gasteiger partial charge on any atom is 0.397 e. The molecule has 1 atom stereocenters. The maximum atomic E-state index is 11.6. The van der Waals surface area contributed by atoms with Crippen LogP contribution in [-0.4, -0.2) is 58.8 Å². The average Bonchev–Trinajstić information content (AvgIpc) is 2.26. The van der Waals surface area contributed by atoms with Crippen molar-refractivity contribution in [1.29, 1.82) is 0 Å². The van der Waals surface area contributed by atoms with Gasteiger partial charge in [0.25, 0.3) is 0 Å². The van der Waals surface area contributed by atoms with Crippen LogP contribution < -0.4 is 5.73 Å². The van der Waals surface area contributed by atoms with Gasteiger partial charge >= 0.3 is 22.0 Å². The van der Waals surface area contributed by atoms with Crippen LogP contribution in [-0.2, 0) is 36.0 Å². The third kappa shape index (κ3) is 8.47. The van der Waals surface area contributed by atoms with E-state index in [0.29, 0.717) is 0 Å². The first-order valence-corrected chi connectivity index (χ1v) is 8.47. The van der Waals surface area contributed by atoms with Crippen molar-refractivity contribution in [2.45, 2.75) is 11.4 Å². The molecule has 13 heteroatoms. The molecule has 0 aliphatic rings. The molecule has 0 heterocycles. The van der Waals surface area contributed by atoms with Crippen LogP contribution in [0, 0.1) is 0 Å². The molecule has 20 heavy (non-hydrogen) atoms. The molecule has 10 nitrogen and oxygen atoms in total. The number of rotatable bonds is 8. The number of sulfone groups is 1. The predicted molar refractivity (Wildman–Crippen MR) is 69.0 cm³/mol. The molecule has 0 fully saturated rings. The van der Waals surface area contributed by atoms with Gasteiger partial charge in [0.15, 0.2) is 14.8 Å². The van der Waals surface area contributed by atoms with Crippen molar-refractivity contribution in [3.05, 3.63) is 12.7 Å². The molecule has 4 N–H and O–H groups in total. The average molecular weight is 353 g/mol. The number of hydrogen-bond acceptors (Lipinski definition) is 9. The third-order valence-electron chi connectivity index (χ3n) is 1.88. The van der Waals surface area contributed by atoms with Crippen LogP contribution in [0.2, 0.25) is 0 Å². The van der Waals surface area contributed by atoms with E-state index in [0.717, 1.165) is 6.08 Å². The minimum absolute atomic E-state index is 0.207. The fourth-order valence-electron chi connectivity index (χ4n) is 1.02. The minimum atomic E-state index is -4.84. The molecule has 0 saturated carbocycles. The van der Waals surface area contributed by atoms with Crippen LogP contribution in [0.4, 0.5) is 0 Å². The Kier molecular flexibility index (Phi) is 10.0. The van der Waals surface area contributed by atoms with Crippen molar-refractivity contribution >= 4 is 31.8 Å². The lowest BCUT2D eigenvalue weighted by molar-refractivity contribution is 0.0588. The highest BCUT2D eigenvalue weighted by Gasteiger charge is 2.41. The lowest BCUT2D eigenvalue weighted by atomic mass is 10.2. The van der Waals surface area contributed by atoms with Gasteiger partial charge in [-0.05, 0) is 6.54 Å². The standard InChI is InChI=1S/C7H15NO7S2.O2S/c1-2-5-16(10,11)7(9,3-4-8)6-15-17(12,13)14;1-3-2/h2,9H,1,3-6,8H2,(H,12,13,14);. The molecular weight excluding hydrogens is 338 g/mol. The van der Waals surface area contributed by atoms with E-state index in [-0.39, 0.29) is 6.54 Å². The molecule has 0 rings (SSSR count). The summed E-state index contributed by atoms with van der Waals surface area (Å²) in [7, 11) is -8.94. The van der Waals surface area contributed by atoms with Crippen LogP contribution in [0.25, 0.3) is 0 Å². The van der Waals surface area contributed by atoms with E-state index in [1.54, 1.807) is 0 Å². The second-order valence-electron chi connectivity index (χ2n) is 3.31. The zero-order valence-electron chi connectivity index (χ0n) is 10.2. The summed E-state index contributed by atoms with van der Waals surface area (Å²) in [4.78, 5) is -2.48. The van der Waals surface area contributed by atoms with Crippen LogP contribution in [0.5, 0.6) is 0 Å². The molecule has 0 aromatic heterocycles. The number of aliphatic hydroxyl groups is 1. The van der Waals surface area contributed by atoms with Gasteiger partial charge in [0.05, 0.1) is 5.75 Å². The molecule has 0 spiro atoms. The summed E-state index contributed by atoms with van der Waals surface area (Å²) >= 11 is -0.750. The first-order valence-electron chi connectivity index (χ1n) is 4.79. The van der Waals surface area contributed by atoms with Gasteiger partial charge in [-0.2, -0.15) is 16.8 Å². The van der Waals surface area contributed by atoms with E-state index < -0.39 is 55.5 Å². The van der Waals surface area contributed by atoms with Gasteiger partial charge in [-0.25, -0.2) is 12.6 Å². The summed E-state index contributed by atoms with van der Waals surface area (Å²) in [6.45, 7) is 1.87. The number of hydrogen-bond donors (Lipinski definition) is 3. The second-order valence-corrected chi connectivity index (χ2v) is 6.86. The van der Waals surface area contributed by atoms with Crippen LogP contribution >= 0.6 is 0 Å². The largest absolute Gasteiger partial charge is 0.397 e. The molecule has 0 amide bonds. The van der Waals surface area contributed by atoms with Crippen molar-refractivity contribution in [2.24, 2.45) is 5.73 Å². The zero-order valence-corrected chi connectivity index (χ0v) is 12.6. The first kappa shape index (κ1) is 21.6. The normalized spacial score (nSPS) is 14.6. The van der Waals surface area contributed by atoms with Gasteiger partial charge in [-0.1, -0.05) is 6.08 Å². The summed E-state index contributed by atoms with van der Waals surface area (Å²) in [6, 6.07) is 0. The Morgan fingerprint density at radius 1 is 1.30 bits per heavy atom. The Morgan fingerprint density at radius 3 is 2.05 bits per heavy atom. The fourth-order valence-corrected chi connectivity index (χ4v) is 2.73. The lowest BCUT2D eigenvalue weighted by Crippen LogP contribution is -2.46. The van der Waals surface area contributed by atoms with Crippen molar-refractivity contribution in [1.82, 2.24) is 0 Å². The van der Waals surface area contributed by atoms with Crippen molar-refractivity contribution < 1.29 is 39.1 Å². The Hall–Kier alpha value is -0.700. The third-order valence-corrected chi connectivity index (χ3v) is 4.45. The van der Waals surface area contributed by atoms with Gasteiger partial charge < -0.3 is 10.8 Å². The molecule has 0 saturated heterocycles. The highest BCUT2D eigenvalue weighted by Crippen LogP contribution is 2.20. The van der Waals surface area contributed by atoms with E-state index in [1.165, 1.54) is 0 Å². The fraction of sp³-hybridized carbons (Fsp3) is 0.714. The van der Waals surface area contributed by atoms with Gasteiger partial charge in [-0.3, -0.25) is 4.55 Å². The molecule has 120 valence electrons. The molecule has 0 radical (unpaired) electrons. The topological polar surface area (TPSA) is 178 Å². The van der Waals surface area contributed by atoms with E-state index in [2.05, 4.69) is 10.8 Å². The zero-order chi connectivity index (χ0) is 16.4. The SMILES string of the molecule is C=CCS(=O)(=O)C(O)(CCN)COS(=O)(=O)O.O=S=O. The van der Waals surface area contributed by atoms with Crippen molar-refractivity contribution in [3.63, 3.8) is 0 Å². The molecule has 0 bridgehead atoms. The molecule has 0 aromatic carbocycles. The smallest absolute Gasteiger partial charge is 0.372 e. The van der Waals surface area contributed by atoms with Crippen molar-refractivity contribution in [3.8, 4) is 0 Å². The number of nitrogens with two attached hydrogens (primary N) is 1. The summed E-state index contributed by atoms with van der Waals surface area (Å²) < 4.78 is 72.7. The first-order chi connectivity index (χ1) is 8.99. The van der Waals surface area contributed by atoms with E-state index >= 15 is 0 Å². The van der Waals surface area contributed by atoms with Gasteiger partial charge in [-0.15, -0.1) is 6.58 Å². The van der Waals surface area contributed by atoms with Crippen LogP contribution in [0.3, 0.4) is 0 Å². The molecule has 0 aliphatic carbocycles. The Morgan fingerprint density at radius 2 is 1.75 bits per heavy atom. The minimum Gasteiger partial charge on any atom is -0.372 e. The van der Waals surface area contributed by atoms with Gasteiger partial charge in [0.1, 0.15) is 6.61 Å². The molecular formula is C7H15NO9S3. The predicted octanol–water partition coefficient (Wildman–Crippen LogP) is -2.23. The van der Waals surface area contributed by atoms with Crippen LogP contribution in [0.15, 0.2) is 12.7 Å². The second kappa shape index (κ2) is 9.28. The highest BCUT2D eigenvalue weighted by molar-refractivity contribution is 7.92. The van der Waals surface area contributed by atoms with Gasteiger partial charge in [0, 0.05) is 6.42 Å². The van der Waals surface area contributed by atoms with E-state index in [4.69, 9.17) is 18.7 Å². The van der Waals surface area contributed by atoms with Gasteiger partial charge in [0.2, 0.25) is 0 Å². The van der Waals surface area contributed by atoms with Crippen LogP contribution in [0.1, 0.15) is 6.42 Å². The summed E-state index contributed by atoms with van der Waals surface area (Å²) in [5.41, 5.74) is 5.13. The quantitative estimate of drug-likeness (QED) is 0.319. The molecule has 0 aromatic rings. The summed E-state index contributed by atoms with van der Waals surface area (Å²) in [5.74, 6) is -0.571. The lowest BCUT2D eigenvalue weighted by Gasteiger charge is -2.25. The van der Waals surface area contributed by atoms with E-state index in [1.807, 2.05) is 0 Å². The Balaban J connectivity index is 0. The Labute approximate surface area is 120 Å². The van der Waals surface area contributed by atoms with Crippen molar-refractivity contribution in [2.75, 3.05) is 18.9 Å².